The van der Waals surface area contributed by atoms with Gasteiger partial charge in [0.1, 0.15) is 0 Å². The number of ketones is 1. The molecule has 1 aromatic heterocycles. The zero-order valence-electron chi connectivity index (χ0n) is 8.38. The monoisotopic (exact) mass is 206 g/mol. The standard InChI is InChI=1S/C12H14OS/c1-9-7-8-11(14-9)12(13)10-5-3-2-4-6-10/h5,7-8H,2-4,6H2,1H3. The van der Waals surface area contributed by atoms with Crippen LogP contribution >= 0.6 is 11.3 Å². The number of allylic oxidation sites excluding steroid dienone is 2. The minimum atomic E-state index is 0.253. The summed E-state index contributed by atoms with van der Waals surface area (Å²) in [7, 11) is 0. The molecule has 0 atom stereocenters. The molecule has 1 aromatic rings. The van der Waals surface area contributed by atoms with Crippen molar-refractivity contribution in [3.8, 4) is 0 Å². The fraction of sp³-hybridized carbons (Fsp3) is 0.417. The van der Waals surface area contributed by atoms with Crippen LogP contribution in [0.4, 0.5) is 0 Å². The third kappa shape index (κ3) is 1.95. The van der Waals surface area contributed by atoms with Gasteiger partial charge in [-0.05, 0) is 50.3 Å². The Labute approximate surface area is 88.5 Å². The number of hydrogen-bond donors (Lipinski definition) is 0. The average Bonchev–Trinajstić information content (AvgIpc) is 2.65. The van der Waals surface area contributed by atoms with Crippen molar-refractivity contribution >= 4 is 17.1 Å². The maximum absolute atomic E-state index is 12.0. The largest absolute Gasteiger partial charge is 0.288 e. The van der Waals surface area contributed by atoms with E-state index in [1.165, 1.54) is 17.7 Å². The second kappa shape index (κ2) is 4.09. The van der Waals surface area contributed by atoms with E-state index in [1.807, 2.05) is 19.1 Å². The highest BCUT2D eigenvalue weighted by molar-refractivity contribution is 7.14. The van der Waals surface area contributed by atoms with Crippen LogP contribution in [0.1, 0.15) is 40.2 Å². The van der Waals surface area contributed by atoms with E-state index < -0.39 is 0 Å². The summed E-state index contributed by atoms with van der Waals surface area (Å²) >= 11 is 1.60. The summed E-state index contributed by atoms with van der Waals surface area (Å²) < 4.78 is 0. The van der Waals surface area contributed by atoms with Gasteiger partial charge in [0.2, 0.25) is 0 Å². The number of hydrogen-bond acceptors (Lipinski definition) is 2. The van der Waals surface area contributed by atoms with Crippen molar-refractivity contribution in [2.24, 2.45) is 0 Å². The molecule has 0 bridgehead atoms. The first kappa shape index (κ1) is 9.66. The quantitative estimate of drug-likeness (QED) is 0.674. The molecule has 1 nitrogen and oxygen atoms in total. The second-order valence-electron chi connectivity index (χ2n) is 3.71. The maximum Gasteiger partial charge on any atom is 0.198 e. The van der Waals surface area contributed by atoms with E-state index in [-0.39, 0.29) is 5.78 Å². The van der Waals surface area contributed by atoms with Crippen molar-refractivity contribution in [3.05, 3.63) is 33.5 Å². The van der Waals surface area contributed by atoms with Crippen LogP contribution in [0.25, 0.3) is 0 Å². The Morgan fingerprint density at radius 3 is 2.79 bits per heavy atom. The van der Waals surface area contributed by atoms with Gasteiger partial charge in [-0.2, -0.15) is 0 Å². The van der Waals surface area contributed by atoms with E-state index in [0.717, 1.165) is 23.3 Å². The van der Waals surface area contributed by atoms with Crippen molar-refractivity contribution in [2.75, 3.05) is 0 Å². The molecule has 0 saturated heterocycles. The summed E-state index contributed by atoms with van der Waals surface area (Å²) in [6, 6.07) is 3.96. The topological polar surface area (TPSA) is 17.1 Å². The van der Waals surface area contributed by atoms with Gasteiger partial charge in [0.15, 0.2) is 5.78 Å². The van der Waals surface area contributed by atoms with E-state index in [4.69, 9.17) is 0 Å². The predicted molar refractivity (Wildman–Crippen MR) is 59.9 cm³/mol. The second-order valence-corrected chi connectivity index (χ2v) is 5.00. The molecule has 14 heavy (non-hydrogen) atoms. The Balaban J connectivity index is 2.19. The molecule has 0 saturated carbocycles. The zero-order chi connectivity index (χ0) is 9.97. The Bertz CT molecular complexity index is 373. The maximum atomic E-state index is 12.0. The van der Waals surface area contributed by atoms with Crippen molar-refractivity contribution in [1.29, 1.82) is 0 Å². The summed E-state index contributed by atoms with van der Waals surface area (Å²) in [6.45, 7) is 2.04. The molecule has 0 N–H and O–H groups in total. The van der Waals surface area contributed by atoms with Gasteiger partial charge >= 0.3 is 0 Å². The molecule has 2 rings (SSSR count). The van der Waals surface area contributed by atoms with Crippen molar-refractivity contribution < 1.29 is 4.79 Å². The molecule has 0 radical (unpaired) electrons. The van der Waals surface area contributed by atoms with E-state index in [1.54, 1.807) is 11.3 Å². The highest BCUT2D eigenvalue weighted by Crippen LogP contribution is 2.24. The number of thiophene rings is 1. The smallest absolute Gasteiger partial charge is 0.198 e. The van der Waals surface area contributed by atoms with E-state index in [0.29, 0.717) is 0 Å². The van der Waals surface area contributed by atoms with Gasteiger partial charge in [0.05, 0.1) is 4.88 Å². The predicted octanol–water partition coefficient (Wildman–Crippen LogP) is 3.74. The van der Waals surface area contributed by atoms with Crippen molar-refractivity contribution in [1.82, 2.24) is 0 Å². The molecule has 0 spiro atoms. The molecule has 1 aliphatic rings. The average molecular weight is 206 g/mol. The lowest BCUT2D eigenvalue weighted by atomic mass is 9.96. The Kier molecular flexibility index (Phi) is 2.82. The van der Waals surface area contributed by atoms with Crippen LogP contribution in [0, 0.1) is 6.92 Å². The van der Waals surface area contributed by atoms with Crippen LogP contribution in [-0.4, -0.2) is 5.78 Å². The molecule has 0 aliphatic heterocycles. The number of carbonyl (C=O) groups excluding carboxylic acids is 1. The van der Waals surface area contributed by atoms with Gasteiger partial charge in [-0.25, -0.2) is 0 Å². The summed E-state index contributed by atoms with van der Waals surface area (Å²) in [5, 5.41) is 0. The molecule has 1 heterocycles. The molecule has 0 fully saturated rings. The minimum Gasteiger partial charge on any atom is -0.288 e. The van der Waals surface area contributed by atoms with Crippen LogP contribution in [0.3, 0.4) is 0 Å². The molecular formula is C12H14OS. The third-order valence-electron chi connectivity index (χ3n) is 2.55. The Morgan fingerprint density at radius 2 is 2.21 bits per heavy atom. The normalized spacial score (nSPS) is 16.5. The lowest BCUT2D eigenvalue weighted by molar-refractivity contribution is 0.103. The zero-order valence-corrected chi connectivity index (χ0v) is 9.19. The van der Waals surface area contributed by atoms with Crippen LogP contribution in [-0.2, 0) is 0 Å². The van der Waals surface area contributed by atoms with E-state index in [2.05, 4.69) is 6.08 Å². The number of carbonyl (C=O) groups is 1. The van der Waals surface area contributed by atoms with Crippen molar-refractivity contribution in [3.63, 3.8) is 0 Å². The van der Waals surface area contributed by atoms with Gasteiger partial charge < -0.3 is 0 Å². The number of aryl methyl sites for hydroxylation is 1. The third-order valence-corrected chi connectivity index (χ3v) is 3.55. The fourth-order valence-electron chi connectivity index (χ4n) is 1.76. The van der Waals surface area contributed by atoms with Crippen LogP contribution in [0.2, 0.25) is 0 Å². The highest BCUT2D eigenvalue weighted by Gasteiger charge is 2.15. The van der Waals surface area contributed by atoms with Gasteiger partial charge in [-0.15, -0.1) is 11.3 Å². The lowest BCUT2D eigenvalue weighted by Gasteiger charge is -2.09. The molecule has 0 aromatic carbocycles. The van der Waals surface area contributed by atoms with E-state index in [9.17, 15) is 4.79 Å². The molecule has 74 valence electrons. The van der Waals surface area contributed by atoms with Gasteiger partial charge in [0, 0.05) is 4.88 Å². The van der Waals surface area contributed by atoms with Gasteiger partial charge in [-0.3, -0.25) is 4.79 Å². The van der Waals surface area contributed by atoms with Gasteiger partial charge in [-0.1, -0.05) is 6.08 Å². The van der Waals surface area contributed by atoms with Gasteiger partial charge in [0.25, 0.3) is 0 Å². The molecule has 0 amide bonds. The fourth-order valence-corrected chi connectivity index (χ4v) is 2.60. The first-order chi connectivity index (χ1) is 6.77. The Hall–Kier alpha value is -0.890. The van der Waals surface area contributed by atoms with Crippen LogP contribution in [0.5, 0.6) is 0 Å². The molecule has 2 heteroatoms. The Morgan fingerprint density at radius 1 is 1.36 bits per heavy atom. The summed E-state index contributed by atoms with van der Waals surface area (Å²) in [5.41, 5.74) is 1.03. The lowest BCUT2D eigenvalue weighted by Crippen LogP contribution is -2.04. The van der Waals surface area contributed by atoms with Crippen molar-refractivity contribution in [2.45, 2.75) is 32.6 Å². The first-order valence-corrected chi connectivity index (χ1v) is 5.89. The minimum absolute atomic E-state index is 0.253. The summed E-state index contributed by atoms with van der Waals surface area (Å²) in [4.78, 5) is 14.1. The van der Waals surface area contributed by atoms with Crippen LogP contribution in [0.15, 0.2) is 23.8 Å². The number of Topliss-reactive ketones (excluding diaryl/α,β-unsaturated/α-hetero) is 1. The summed E-state index contributed by atoms with van der Waals surface area (Å²) in [5.74, 6) is 0.253. The van der Waals surface area contributed by atoms with Crippen LogP contribution < -0.4 is 0 Å². The molecule has 0 unspecified atom stereocenters. The molecule has 1 aliphatic carbocycles. The number of rotatable bonds is 2. The highest BCUT2D eigenvalue weighted by atomic mass is 32.1. The molecular weight excluding hydrogens is 192 g/mol. The first-order valence-electron chi connectivity index (χ1n) is 5.07. The van der Waals surface area contributed by atoms with E-state index >= 15 is 0 Å². The summed E-state index contributed by atoms with van der Waals surface area (Å²) in [6.07, 6.45) is 6.56. The SMILES string of the molecule is Cc1ccc(C(=O)C2=CCCCC2)s1.